The quantitative estimate of drug-likeness (QED) is 0.314. The fourth-order valence-electron chi connectivity index (χ4n) is 6.10. The maximum absolute atomic E-state index is 14.9. The van der Waals surface area contributed by atoms with Crippen molar-refractivity contribution in [2.24, 2.45) is 7.05 Å². The summed E-state index contributed by atoms with van der Waals surface area (Å²) in [5, 5.41) is 12.6. The standard InChI is InChI=1S/C30H30F2N6O4/c1-33-26-18-9-23-24(17(18)8-22(31)25(26)32)27(38-5-6-42-16(13-38)12-36(2)3)20(11-34-23)15-7-19-28(39)21(30(40)41)14-37(4)29(19)35-10-15/h7-8,10-11,14,16,33H,5-6,9,12-13H2,1-4H3,(H,40,41). The first-order valence-electron chi connectivity index (χ1n) is 13.5. The lowest BCUT2D eigenvalue weighted by Gasteiger charge is -2.37. The highest BCUT2D eigenvalue weighted by molar-refractivity contribution is 5.98. The van der Waals surface area contributed by atoms with E-state index in [9.17, 15) is 23.5 Å². The lowest BCUT2D eigenvalue weighted by molar-refractivity contribution is 0.0248. The molecule has 6 rings (SSSR count). The number of benzene rings is 1. The Morgan fingerprint density at radius 3 is 2.71 bits per heavy atom. The second kappa shape index (κ2) is 10.4. The van der Waals surface area contributed by atoms with Crippen molar-refractivity contribution in [3.63, 3.8) is 0 Å². The number of halogens is 2. The van der Waals surface area contributed by atoms with Crippen LogP contribution in [0.4, 0.5) is 20.2 Å². The number of carbonyl (C=O) groups is 1. The van der Waals surface area contributed by atoms with Crippen LogP contribution in [0.15, 0.2) is 35.5 Å². The van der Waals surface area contributed by atoms with Crippen molar-refractivity contribution in [3.05, 3.63) is 69.4 Å². The van der Waals surface area contributed by atoms with Crippen molar-refractivity contribution in [1.82, 2.24) is 19.4 Å². The molecule has 1 aromatic carbocycles. The molecule has 10 nitrogen and oxygen atoms in total. The third-order valence-electron chi connectivity index (χ3n) is 7.90. The van der Waals surface area contributed by atoms with Crippen molar-refractivity contribution in [3.8, 4) is 22.3 Å². The minimum atomic E-state index is -1.32. The van der Waals surface area contributed by atoms with Gasteiger partial charge in [-0.25, -0.2) is 18.6 Å². The molecule has 42 heavy (non-hydrogen) atoms. The predicted octanol–water partition coefficient (Wildman–Crippen LogP) is 3.35. The summed E-state index contributed by atoms with van der Waals surface area (Å²) in [4.78, 5) is 38.4. The number of rotatable bonds is 6. The van der Waals surface area contributed by atoms with E-state index in [0.717, 1.165) is 5.69 Å². The van der Waals surface area contributed by atoms with Crippen molar-refractivity contribution in [2.45, 2.75) is 12.5 Å². The first-order valence-corrected chi connectivity index (χ1v) is 13.5. The van der Waals surface area contributed by atoms with E-state index in [2.05, 4.69) is 15.2 Å². The van der Waals surface area contributed by atoms with Gasteiger partial charge in [-0.05, 0) is 37.4 Å². The van der Waals surface area contributed by atoms with Gasteiger partial charge >= 0.3 is 5.97 Å². The van der Waals surface area contributed by atoms with Gasteiger partial charge in [0.05, 0.1) is 35.2 Å². The molecule has 2 N–H and O–H groups in total. The number of likely N-dealkylation sites (N-methyl/N-ethyl adjacent to an activating group) is 1. The monoisotopic (exact) mass is 576 g/mol. The van der Waals surface area contributed by atoms with Gasteiger partial charge in [0.25, 0.3) is 0 Å². The number of pyridine rings is 3. The Morgan fingerprint density at radius 1 is 1.21 bits per heavy atom. The van der Waals surface area contributed by atoms with E-state index in [-0.39, 0.29) is 22.7 Å². The molecule has 3 aromatic heterocycles. The molecule has 12 heteroatoms. The molecule has 2 aliphatic rings. The van der Waals surface area contributed by atoms with Crippen LogP contribution in [0, 0.1) is 11.6 Å². The number of aromatic nitrogens is 3. The zero-order valence-corrected chi connectivity index (χ0v) is 23.7. The maximum Gasteiger partial charge on any atom is 0.341 e. The van der Waals surface area contributed by atoms with Gasteiger partial charge in [-0.1, -0.05) is 0 Å². The fraction of sp³-hybridized carbons (Fsp3) is 0.333. The number of carboxylic acid groups (broad SMARTS) is 1. The van der Waals surface area contributed by atoms with Gasteiger partial charge in [-0.2, -0.15) is 0 Å². The Morgan fingerprint density at radius 2 is 2.00 bits per heavy atom. The number of anilines is 2. The molecule has 4 heterocycles. The van der Waals surface area contributed by atoms with E-state index in [1.807, 2.05) is 19.0 Å². The highest BCUT2D eigenvalue weighted by atomic mass is 19.2. The molecule has 1 fully saturated rings. The average molecular weight is 577 g/mol. The summed E-state index contributed by atoms with van der Waals surface area (Å²) in [7, 11) is 7.13. The number of nitrogens with one attached hydrogen (secondary N) is 1. The minimum Gasteiger partial charge on any atom is -0.477 e. The second-order valence-corrected chi connectivity index (χ2v) is 10.9. The Balaban J connectivity index is 1.61. The van der Waals surface area contributed by atoms with E-state index in [0.29, 0.717) is 71.8 Å². The molecular weight excluding hydrogens is 546 g/mol. The summed E-state index contributed by atoms with van der Waals surface area (Å²) >= 11 is 0. The lowest BCUT2D eigenvalue weighted by atomic mass is 9.96. The van der Waals surface area contributed by atoms with Crippen LogP contribution in [0.5, 0.6) is 0 Å². The Bertz CT molecular complexity index is 1820. The molecule has 0 saturated carbocycles. The first-order chi connectivity index (χ1) is 20.1. The van der Waals surface area contributed by atoms with Gasteiger partial charge in [-0.3, -0.25) is 9.78 Å². The third-order valence-corrected chi connectivity index (χ3v) is 7.90. The SMILES string of the molecule is CNc1c(F)c(F)cc2c1Cc1ncc(-c3cnc4c(c3)c(=O)c(C(=O)O)cn4C)c(N3CCOC(CN(C)C)C3)c1-2. The number of fused-ring (bicyclic) bond motifs is 4. The highest BCUT2D eigenvalue weighted by Gasteiger charge is 2.34. The molecule has 1 unspecified atom stereocenters. The van der Waals surface area contributed by atoms with Gasteiger partial charge in [0, 0.05) is 75.4 Å². The lowest BCUT2D eigenvalue weighted by Crippen LogP contribution is -2.46. The summed E-state index contributed by atoms with van der Waals surface area (Å²) in [5.41, 5.74) is 3.91. The summed E-state index contributed by atoms with van der Waals surface area (Å²) in [6, 6.07) is 2.85. The summed E-state index contributed by atoms with van der Waals surface area (Å²) in [6.07, 6.45) is 4.77. The zero-order valence-electron chi connectivity index (χ0n) is 23.7. The van der Waals surface area contributed by atoms with Gasteiger partial charge < -0.3 is 29.5 Å². The first kappa shape index (κ1) is 27.7. The smallest absolute Gasteiger partial charge is 0.341 e. The summed E-state index contributed by atoms with van der Waals surface area (Å²) < 4.78 is 37.2. The van der Waals surface area contributed by atoms with Crippen molar-refractivity contribution in [2.75, 3.05) is 57.6 Å². The number of carboxylic acids is 1. The van der Waals surface area contributed by atoms with Crippen LogP contribution >= 0.6 is 0 Å². The highest BCUT2D eigenvalue weighted by Crippen LogP contribution is 2.49. The average Bonchev–Trinajstić information content (AvgIpc) is 3.32. The van der Waals surface area contributed by atoms with E-state index < -0.39 is 23.0 Å². The number of ether oxygens (including phenoxy) is 1. The molecule has 0 spiro atoms. The van der Waals surface area contributed by atoms with Gasteiger partial charge in [0.15, 0.2) is 11.6 Å². The van der Waals surface area contributed by atoms with Crippen LogP contribution < -0.4 is 15.6 Å². The number of hydrogen-bond acceptors (Lipinski definition) is 8. The van der Waals surface area contributed by atoms with Gasteiger partial charge in [0.2, 0.25) is 5.43 Å². The molecule has 1 aliphatic heterocycles. The van der Waals surface area contributed by atoms with Crippen LogP contribution in [0.1, 0.15) is 21.6 Å². The Hall–Kier alpha value is -4.42. The van der Waals surface area contributed by atoms with E-state index in [4.69, 9.17) is 9.72 Å². The van der Waals surface area contributed by atoms with Gasteiger partial charge in [-0.15, -0.1) is 0 Å². The molecule has 0 bridgehead atoms. The number of aromatic carboxylic acids is 1. The van der Waals surface area contributed by atoms with Crippen LogP contribution in [-0.4, -0.2) is 84.0 Å². The number of hydrogen-bond donors (Lipinski definition) is 2. The Labute approximate surface area is 240 Å². The second-order valence-electron chi connectivity index (χ2n) is 10.9. The zero-order chi connectivity index (χ0) is 29.9. The Kier molecular flexibility index (Phi) is 6.90. The molecule has 218 valence electrons. The van der Waals surface area contributed by atoms with Gasteiger partial charge in [0.1, 0.15) is 11.2 Å². The number of nitrogens with zero attached hydrogens (tertiary/aromatic N) is 5. The topological polar surface area (TPSA) is 113 Å². The molecule has 1 aliphatic carbocycles. The largest absolute Gasteiger partial charge is 0.477 e. The minimum absolute atomic E-state index is 0.0973. The molecule has 1 atom stereocenters. The normalized spacial score (nSPS) is 16.2. The molecule has 4 aromatic rings. The molecule has 1 saturated heterocycles. The summed E-state index contributed by atoms with van der Waals surface area (Å²) in [5.74, 6) is -3.23. The van der Waals surface area contributed by atoms with Crippen molar-refractivity contribution < 1.29 is 23.4 Å². The van der Waals surface area contributed by atoms with E-state index in [1.165, 1.54) is 16.8 Å². The third kappa shape index (κ3) is 4.47. The molecule has 0 radical (unpaired) electrons. The number of aryl methyl sites for hydroxylation is 1. The van der Waals surface area contributed by atoms with Crippen LogP contribution in [-0.2, 0) is 18.2 Å². The number of morpholine rings is 1. The van der Waals surface area contributed by atoms with Crippen molar-refractivity contribution >= 4 is 28.4 Å². The molecule has 0 amide bonds. The van der Waals surface area contributed by atoms with Crippen LogP contribution in [0.25, 0.3) is 33.3 Å². The summed E-state index contributed by atoms with van der Waals surface area (Å²) in [6.45, 7) is 2.22. The maximum atomic E-state index is 14.9. The molecular formula is C30H30F2N6O4. The fourth-order valence-corrected chi connectivity index (χ4v) is 6.10. The van der Waals surface area contributed by atoms with E-state index in [1.54, 1.807) is 32.6 Å². The van der Waals surface area contributed by atoms with Crippen LogP contribution in [0.3, 0.4) is 0 Å². The van der Waals surface area contributed by atoms with Crippen molar-refractivity contribution in [1.29, 1.82) is 0 Å². The predicted molar refractivity (Wildman–Crippen MR) is 155 cm³/mol. The van der Waals surface area contributed by atoms with E-state index >= 15 is 0 Å². The van der Waals surface area contributed by atoms with Crippen LogP contribution in [0.2, 0.25) is 0 Å².